The fraction of sp³-hybridized carbons (Fsp3) is 0.400. The van der Waals surface area contributed by atoms with Crippen LogP contribution in [0, 0.1) is 5.82 Å². The number of nitrogens with zero attached hydrogens (tertiary/aromatic N) is 4. The number of fused-ring (bicyclic) bond motifs is 1. The van der Waals surface area contributed by atoms with Crippen molar-refractivity contribution >= 4 is 17.5 Å². The molecular weight excluding hydrogens is 345 g/mol. The largest absolute Gasteiger partial charge is 0.354 e. The highest BCUT2D eigenvalue weighted by Crippen LogP contribution is 2.29. The molecule has 1 N–H and O–H groups in total. The fourth-order valence-corrected chi connectivity index (χ4v) is 3.62. The number of halogens is 1. The van der Waals surface area contributed by atoms with Crippen molar-refractivity contribution in [2.24, 2.45) is 0 Å². The topological polar surface area (TPSA) is 51.7 Å². The summed E-state index contributed by atoms with van der Waals surface area (Å²) in [7, 11) is 2.13. The molecule has 1 aromatic carbocycles. The third-order valence-electron chi connectivity index (χ3n) is 5.30. The Morgan fingerprint density at radius 2 is 1.96 bits per heavy atom. The zero-order chi connectivity index (χ0) is 18.8. The summed E-state index contributed by atoms with van der Waals surface area (Å²) >= 11 is 0. The Hall–Kier alpha value is -2.67. The molecule has 0 unspecified atom stereocenters. The van der Waals surface area contributed by atoms with E-state index in [4.69, 9.17) is 0 Å². The fourth-order valence-electron chi connectivity index (χ4n) is 3.62. The number of likely N-dealkylation sites (N-methyl/N-ethyl adjacent to an activating group) is 1. The number of rotatable bonds is 3. The number of amides is 2. The van der Waals surface area contributed by atoms with Gasteiger partial charge in [0.15, 0.2) is 0 Å². The van der Waals surface area contributed by atoms with Gasteiger partial charge in [-0.1, -0.05) is 12.1 Å². The predicted molar refractivity (Wildman–Crippen MR) is 104 cm³/mol. The molecule has 0 bridgehead atoms. The Labute approximate surface area is 158 Å². The number of benzene rings is 1. The van der Waals surface area contributed by atoms with Crippen LogP contribution in [0.5, 0.6) is 0 Å². The summed E-state index contributed by atoms with van der Waals surface area (Å²) in [6.07, 6.45) is 2.36. The summed E-state index contributed by atoms with van der Waals surface area (Å²) in [6, 6.07) is 8.67. The van der Waals surface area contributed by atoms with E-state index in [9.17, 15) is 9.18 Å². The SMILES string of the molecule is CN1CCN(c2ccc(CNC(=O)N3CCc4c(F)cccc43)cn2)CC1. The van der Waals surface area contributed by atoms with Gasteiger partial charge in [0.05, 0.1) is 5.69 Å². The number of aromatic nitrogens is 1. The summed E-state index contributed by atoms with van der Waals surface area (Å²) in [5.74, 6) is 0.730. The Balaban J connectivity index is 1.34. The molecular formula is C20H24FN5O. The van der Waals surface area contributed by atoms with Crippen molar-refractivity contribution in [3.05, 3.63) is 53.5 Å². The van der Waals surface area contributed by atoms with Crippen LogP contribution in [0.15, 0.2) is 36.5 Å². The molecule has 2 aliphatic heterocycles. The Morgan fingerprint density at radius 3 is 2.70 bits per heavy atom. The van der Waals surface area contributed by atoms with E-state index in [0.29, 0.717) is 30.8 Å². The molecule has 142 valence electrons. The molecule has 0 radical (unpaired) electrons. The first kappa shape index (κ1) is 17.7. The minimum absolute atomic E-state index is 0.206. The molecule has 1 aromatic heterocycles. The smallest absolute Gasteiger partial charge is 0.322 e. The van der Waals surface area contributed by atoms with Crippen molar-refractivity contribution in [3.63, 3.8) is 0 Å². The molecule has 2 aromatic rings. The lowest BCUT2D eigenvalue weighted by atomic mass is 10.1. The van der Waals surface area contributed by atoms with Gasteiger partial charge in [-0.05, 0) is 37.2 Å². The van der Waals surface area contributed by atoms with E-state index in [-0.39, 0.29) is 11.8 Å². The molecule has 4 rings (SSSR count). The van der Waals surface area contributed by atoms with Crippen LogP contribution in [-0.4, -0.2) is 55.7 Å². The number of urea groups is 1. The lowest BCUT2D eigenvalue weighted by molar-refractivity contribution is 0.246. The number of pyridine rings is 1. The Kier molecular flexibility index (Phi) is 4.94. The maximum atomic E-state index is 13.8. The maximum Gasteiger partial charge on any atom is 0.322 e. The van der Waals surface area contributed by atoms with Gasteiger partial charge in [-0.25, -0.2) is 14.2 Å². The average Bonchev–Trinajstić information content (AvgIpc) is 3.13. The van der Waals surface area contributed by atoms with Gasteiger partial charge in [-0.2, -0.15) is 0 Å². The van der Waals surface area contributed by atoms with Crippen LogP contribution in [0.4, 0.5) is 20.7 Å². The summed E-state index contributed by atoms with van der Waals surface area (Å²) in [6.45, 7) is 4.93. The van der Waals surface area contributed by atoms with Gasteiger partial charge in [-0.15, -0.1) is 0 Å². The maximum absolute atomic E-state index is 13.8. The second-order valence-corrected chi connectivity index (χ2v) is 7.11. The number of piperazine rings is 1. The lowest BCUT2D eigenvalue weighted by Crippen LogP contribution is -2.44. The van der Waals surface area contributed by atoms with Crippen LogP contribution in [-0.2, 0) is 13.0 Å². The van der Waals surface area contributed by atoms with Gasteiger partial charge < -0.3 is 15.1 Å². The molecule has 2 aliphatic rings. The molecule has 6 nitrogen and oxygen atoms in total. The van der Waals surface area contributed by atoms with E-state index in [0.717, 1.165) is 37.6 Å². The highest BCUT2D eigenvalue weighted by atomic mass is 19.1. The summed E-state index contributed by atoms with van der Waals surface area (Å²) < 4.78 is 13.8. The zero-order valence-corrected chi connectivity index (χ0v) is 15.5. The van der Waals surface area contributed by atoms with E-state index >= 15 is 0 Å². The summed E-state index contributed by atoms with van der Waals surface area (Å²) in [5.41, 5.74) is 2.22. The second-order valence-electron chi connectivity index (χ2n) is 7.11. The van der Waals surface area contributed by atoms with Gasteiger partial charge in [0.25, 0.3) is 0 Å². The lowest BCUT2D eigenvalue weighted by Gasteiger charge is -2.33. The first-order valence-electron chi connectivity index (χ1n) is 9.33. The van der Waals surface area contributed by atoms with Crippen LogP contribution < -0.4 is 15.1 Å². The first-order valence-corrected chi connectivity index (χ1v) is 9.33. The highest BCUT2D eigenvalue weighted by Gasteiger charge is 2.26. The Morgan fingerprint density at radius 1 is 1.15 bits per heavy atom. The van der Waals surface area contributed by atoms with Crippen LogP contribution in [0.1, 0.15) is 11.1 Å². The quantitative estimate of drug-likeness (QED) is 0.902. The van der Waals surface area contributed by atoms with Crippen molar-refractivity contribution in [2.75, 3.05) is 49.6 Å². The number of carbonyl (C=O) groups is 1. The van der Waals surface area contributed by atoms with E-state index in [1.807, 2.05) is 18.3 Å². The van der Waals surface area contributed by atoms with Crippen molar-refractivity contribution < 1.29 is 9.18 Å². The van der Waals surface area contributed by atoms with Crippen molar-refractivity contribution in [1.29, 1.82) is 0 Å². The number of nitrogens with one attached hydrogen (secondary N) is 1. The monoisotopic (exact) mass is 369 g/mol. The van der Waals surface area contributed by atoms with E-state index in [1.54, 1.807) is 17.0 Å². The average molecular weight is 369 g/mol. The standard InChI is InChI=1S/C20H24FN5O/c1-24-9-11-25(12-10-24)19-6-5-15(13-22-19)14-23-20(27)26-8-7-16-17(21)3-2-4-18(16)26/h2-6,13H,7-12,14H2,1H3,(H,23,27). The van der Waals surface area contributed by atoms with Gasteiger partial charge in [-0.3, -0.25) is 4.90 Å². The van der Waals surface area contributed by atoms with Crippen molar-refractivity contribution in [1.82, 2.24) is 15.2 Å². The molecule has 1 saturated heterocycles. The van der Waals surface area contributed by atoms with Crippen LogP contribution in [0.25, 0.3) is 0 Å². The highest BCUT2D eigenvalue weighted by molar-refractivity contribution is 5.94. The van der Waals surface area contributed by atoms with Crippen molar-refractivity contribution in [2.45, 2.75) is 13.0 Å². The molecule has 3 heterocycles. The summed E-state index contributed by atoms with van der Waals surface area (Å²) in [5, 5.41) is 2.91. The predicted octanol–water partition coefficient (Wildman–Crippen LogP) is 2.24. The third-order valence-corrected chi connectivity index (χ3v) is 5.30. The molecule has 0 spiro atoms. The minimum atomic E-state index is -0.244. The Bertz CT molecular complexity index is 818. The molecule has 0 aliphatic carbocycles. The van der Waals surface area contributed by atoms with Gasteiger partial charge >= 0.3 is 6.03 Å². The minimum Gasteiger partial charge on any atom is -0.354 e. The molecule has 2 amide bonds. The van der Waals surface area contributed by atoms with Gasteiger partial charge in [0, 0.05) is 51.0 Å². The number of anilines is 2. The van der Waals surface area contributed by atoms with E-state index in [1.165, 1.54) is 6.07 Å². The van der Waals surface area contributed by atoms with Gasteiger partial charge in [0.2, 0.25) is 0 Å². The van der Waals surface area contributed by atoms with Crippen LogP contribution in [0.2, 0.25) is 0 Å². The van der Waals surface area contributed by atoms with E-state index < -0.39 is 0 Å². The first-order chi connectivity index (χ1) is 13.1. The van der Waals surface area contributed by atoms with E-state index in [2.05, 4.69) is 27.1 Å². The van der Waals surface area contributed by atoms with Crippen molar-refractivity contribution in [3.8, 4) is 0 Å². The number of hydrogen-bond donors (Lipinski definition) is 1. The zero-order valence-electron chi connectivity index (χ0n) is 15.5. The molecule has 27 heavy (non-hydrogen) atoms. The van der Waals surface area contributed by atoms with Crippen LogP contribution in [0.3, 0.4) is 0 Å². The van der Waals surface area contributed by atoms with Gasteiger partial charge in [0.1, 0.15) is 11.6 Å². The second kappa shape index (κ2) is 7.52. The number of carbonyl (C=O) groups excluding carboxylic acids is 1. The van der Waals surface area contributed by atoms with Crippen LogP contribution >= 0.6 is 0 Å². The molecule has 0 atom stereocenters. The normalized spacial score (nSPS) is 17.1. The molecule has 7 heteroatoms. The third kappa shape index (κ3) is 3.73. The molecule has 0 saturated carbocycles. The summed E-state index contributed by atoms with van der Waals surface area (Å²) in [4.78, 5) is 23.2. The number of hydrogen-bond acceptors (Lipinski definition) is 4. The molecule has 1 fully saturated rings.